The fourth-order valence-electron chi connectivity index (χ4n) is 2.47. The molecule has 0 spiro atoms. The molecule has 2 unspecified atom stereocenters. The van der Waals surface area contributed by atoms with Gasteiger partial charge in [0.15, 0.2) is 6.10 Å². The lowest BCUT2D eigenvalue weighted by Crippen LogP contribution is -2.34. The first-order valence-corrected chi connectivity index (χ1v) is 7.58. The lowest BCUT2D eigenvalue weighted by molar-refractivity contribution is -0.138. The van der Waals surface area contributed by atoms with Crippen molar-refractivity contribution in [3.8, 4) is 5.75 Å². The molecule has 6 heteroatoms. The second-order valence-corrected chi connectivity index (χ2v) is 6.57. The molecule has 0 aliphatic carbocycles. The maximum atomic E-state index is 12.3. The van der Waals surface area contributed by atoms with Crippen molar-refractivity contribution < 1.29 is 9.53 Å². The summed E-state index contributed by atoms with van der Waals surface area (Å²) < 4.78 is 7.60. The molecule has 3 rings (SSSR count). The minimum Gasteiger partial charge on any atom is -0.479 e. The number of ether oxygens (including phenoxy) is 1. The van der Waals surface area contributed by atoms with Gasteiger partial charge in [0.1, 0.15) is 5.75 Å². The van der Waals surface area contributed by atoms with Crippen LogP contribution in [0.3, 0.4) is 0 Å². The Labute approximate surface area is 128 Å². The van der Waals surface area contributed by atoms with E-state index in [1.165, 1.54) is 0 Å². The molecule has 0 saturated heterocycles. The summed E-state index contributed by atoms with van der Waals surface area (Å²) in [5.74, 6) is 0.641. The SMILES string of the molecule is CC1=NN2C(=O)C(C)Oc3c(Br)cc(Br)cc3C2C1. The van der Waals surface area contributed by atoms with Crippen molar-refractivity contribution in [1.29, 1.82) is 0 Å². The molecule has 100 valence electrons. The minimum absolute atomic E-state index is 0.0683. The van der Waals surface area contributed by atoms with Crippen LogP contribution in [0.4, 0.5) is 0 Å². The van der Waals surface area contributed by atoms with Crippen LogP contribution in [0, 0.1) is 0 Å². The van der Waals surface area contributed by atoms with Gasteiger partial charge < -0.3 is 4.74 Å². The predicted octanol–water partition coefficient (Wildman–Crippen LogP) is 3.64. The summed E-state index contributed by atoms with van der Waals surface area (Å²) in [5.41, 5.74) is 1.95. The Morgan fingerprint density at radius 1 is 1.42 bits per heavy atom. The van der Waals surface area contributed by atoms with E-state index in [0.717, 1.165) is 32.4 Å². The van der Waals surface area contributed by atoms with Crippen molar-refractivity contribution in [3.05, 3.63) is 26.6 Å². The molecule has 0 saturated carbocycles. The Bertz CT molecular complexity index is 601. The maximum Gasteiger partial charge on any atom is 0.283 e. The fourth-order valence-corrected chi connectivity index (χ4v) is 3.82. The van der Waals surface area contributed by atoms with E-state index in [2.05, 4.69) is 37.0 Å². The molecule has 2 aliphatic heterocycles. The van der Waals surface area contributed by atoms with Gasteiger partial charge in [-0.1, -0.05) is 15.9 Å². The van der Waals surface area contributed by atoms with Crippen LogP contribution in [-0.2, 0) is 4.79 Å². The molecule has 2 atom stereocenters. The summed E-state index contributed by atoms with van der Waals surface area (Å²) in [5, 5.41) is 5.91. The van der Waals surface area contributed by atoms with Crippen molar-refractivity contribution in [2.24, 2.45) is 5.10 Å². The number of hydrogen-bond donors (Lipinski definition) is 0. The van der Waals surface area contributed by atoms with E-state index < -0.39 is 6.10 Å². The number of carbonyl (C=O) groups is 1. The number of hydrazone groups is 1. The van der Waals surface area contributed by atoms with Crippen molar-refractivity contribution in [2.45, 2.75) is 32.4 Å². The van der Waals surface area contributed by atoms with Crippen molar-refractivity contribution in [2.75, 3.05) is 0 Å². The monoisotopic (exact) mass is 386 g/mol. The highest BCUT2D eigenvalue weighted by Crippen LogP contribution is 2.44. The van der Waals surface area contributed by atoms with E-state index in [1.807, 2.05) is 19.1 Å². The largest absolute Gasteiger partial charge is 0.479 e. The Balaban J connectivity index is 2.19. The first kappa shape index (κ1) is 13.1. The molecule has 1 amide bonds. The molecule has 2 heterocycles. The molecule has 0 aromatic heterocycles. The summed E-state index contributed by atoms with van der Waals surface area (Å²) in [6.07, 6.45) is 0.216. The van der Waals surface area contributed by atoms with Gasteiger partial charge in [-0.25, -0.2) is 5.01 Å². The van der Waals surface area contributed by atoms with Crippen molar-refractivity contribution >= 4 is 43.5 Å². The Morgan fingerprint density at radius 3 is 2.89 bits per heavy atom. The number of carbonyl (C=O) groups excluding carboxylic acids is 1. The maximum absolute atomic E-state index is 12.3. The van der Waals surface area contributed by atoms with Crippen LogP contribution in [-0.4, -0.2) is 22.7 Å². The summed E-state index contributed by atoms with van der Waals surface area (Å²) in [7, 11) is 0. The Kier molecular flexibility index (Phi) is 3.17. The van der Waals surface area contributed by atoms with Crippen LogP contribution < -0.4 is 4.74 Å². The number of fused-ring (bicyclic) bond motifs is 3. The zero-order chi connectivity index (χ0) is 13.7. The highest BCUT2D eigenvalue weighted by Gasteiger charge is 2.39. The van der Waals surface area contributed by atoms with E-state index >= 15 is 0 Å². The lowest BCUT2D eigenvalue weighted by Gasteiger charge is -2.20. The zero-order valence-electron chi connectivity index (χ0n) is 10.5. The number of rotatable bonds is 0. The Hall–Kier alpha value is -0.880. The average molecular weight is 388 g/mol. The van der Waals surface area contributed by atoms with Gasteiger partial charge in [0, 0.05) is 22.2 Å². The number of halogens is 2. The second-order valence-electron chi connectivity index (χ2n) is 4.80. The van der Waals surface area contributed by atoms with Gasteiger partial charge in [-0.2, -0.15) is 5.10 Å². The van der Waals surface area contributed by atoms with Gasteiger partial charge >= 0.3 is 0 Å². The van der Waals surface area contributed by atoms with E-state index in [0.29, 0.717) is 0 Å². The lowest BCUT2D eigenvalue weighted by atomic mass is 10.0. The standard InChI is InChI=1S/C13H12Br2N2O2/c1-6-3-11-9-4-8(14)5-10(15)12(9)19-7(2)13(18)17(11)16-6/h4-5,7,11H,3H2,1-2H3. The topological polar surface area (TPSA) is 41.9 Å². The highest BCUT2D eigenvalue weighted by atomic mass is 79.9. The van der Waals surface area contributed by atoms with Gasteiger partial charge in [-0.05, 0) is 41.9 Å². The summed E-state index contributed by atoms with van der Waals surface area (Å²) in [6.45, 7) is 3.70. The first-order valence-electron chi connectivity index (χ1n) is 6.00. The van der Waals surface area contributed by atoms with Crippen LogP contribution in [0.5, 0.6) is 5.75 Å². The first-order chi connectivity index (χ1) is 8.97. The quantitative estimate of drug-likeness (QED) is 0.681. The summed E-state index contributed by atoms with van der Waals surface area (Å²) in [6, 6.07) is 3.85. The minimum atomic E-state index is -0.532. The molecule has 1 aromatic rings. The highest BCUT2D eigenvalue weighted by molar-refractivity contribution is 9.11. The molecular formula is C13H12Br2N2O2. The molecule has 4 nitrogen and oxygen atoms in total. The van der Waals surface area contributed by atoms with Gasteiger partial charge in [-0.15, -0.1) is 0 Å². The van der Waals surface area contributed by atoms with Crippen LogP contribution in [0.2, 0.25) is 0 Å². The molecule has 0 fully saturated rings. The second kappa shape index (κ2) is 4.59. The molecule has 1 aromatic carbocycles. The van der Waals surface area contributed by atoms with Crippen molar-refractivity contribution in [3.63, 3.8) is 0 Å². The molecular weight excluding hydrogens is 376 g/mol. The Morgan fingerprint density at radius 2 is 2.16 bits per heavy atom. The van der Waals surface area contributed by atoms with Gasteiger partial charge in [0.25, 0.3) is 5.91 Å². The van der Waals surface area contributed by atoms with E-state index in [9.17, 15) is 4.79 Å². The van der Waals surface area contributed by atoms with Crippen molar-refractivity contribution in [1.82, 2.24) is 5.01 Å². The van der Waals surface area contributed by atoms with Gasteiger partial charge in [-0.3, -0.25) is 4.79 Å². The van der Waals surface area contributed by atoms with E-state index in [-0.39, 0.29) is 11.9 Å². The van der Waals surface area contributed by atoms with Crippen LogP contribution in [0.1, 0.15) is 31.9 Å². The number of amides is 1. The van der Waals surface area contributed by atoms with Gasteiger partial charge in [0.2, 0.25) is 0 Å². The molecule has 0 bridgehead atoms. The molecule has 0 N–H and O–H groups in total. The molecule has 2 aliphatic rings. The fraction of sp³-hybridized carbons (Fsp3) is 0.385. The number of benzene rings is 1. The third-order valence-corrected chi connectivity index (χ3v) is 4.37. The average Bonchev–Trinajstić information content (AvgIpc) is 2.69. The third-order valence-electron chi connectivity index (χ3n) is 3.33. The smallest absolute Gasteiger partial charge is 0.283 e. The van der Waals surface area contributed by atoms with Gasteiger partial charge in [0.05, 0.1) is 10.5 Å². The van der Waals surface area contributed by atoms with Crippen LogP contribution in [0.15, 0.2) is 26.2 Å². The van der Waals surface area contributed by atoms with Crippen LogP contribution in [0.25, 0.3) is 0 Å². The van der Waals surface area contributed by atoms with E-state index in [4.69, 9.17) is 4.74 Å². The predicted molar refractivity (Wildman–Crippen MR) is 79.2 cm³/mol. The molecule has 19 heavy (non-hydrogen) atoms. The molecule has 0 radical (unpaired) electrons. The number of nitrogens with zero attached hydrogens (tertiary/aromatic N) is 2. The van der Waals surface area contributed by atoms with E-state index in [1.54, 1.807) is 11.9 Å². The summed E-state index contributed by atoms with van der Waals surface area (Å²) >= 11 is 6.99. The van der Waals surface area contributed by atoms with Crippen LogP contribution >= 0.6 is 31.9 Å². The third kappa shape index (κ3) is 2.10. The zero-order valence-corrected chi connectivity index (χ0v) is 13.7. The normalized spacial score (nSPS) is 25.4. The summed E-state index contributed by atoms with van der Waals surface area (Å²) in [4.78, 5) is 12.3. The number of hydrogen-bond acceptors (Lipinski definition) is 3.